The van der Waals surface area contributed by atoms with E-state index in [2.05, 4.69) is 0 Å². The van der Waals surface area contributed by atoms with E-state index in [9.17, 15) is 39.6 Å². The molecule has 0 heterocycles. The number of hydrogen-bond acceptors (Lipinski definition) is 10. The highest BCUT2D eigenvalue weighted by atomic mass is 16.5. The van der Waals surface area contributed by atoms with Crippen molar-refractivity contribution in [2.24, 2.45) is 17.6 Å². The fraction of sp³-hybridized carbons (Fsp3) is 0.462. The fourth-order valence-electron chi connectivity index (χ4n) is 6.11. The molecule has 6 atom stereocenters. The van der Waals surface area contributed by atoms with Crippen LogP contribution in [0.15, 0.2) is 40.9 Å². The standard InChI is InChI=1S/C26H30N2O9/c1-5-7-13(30)37-22-14-10(2)11-8-6-9-12(29)15(11)20(31)16(14)23(33)26(36)18(22)19(28(3)4)21(32)17(24(26)34)25(27)35/h6,8-10,14,18-19,22,29,32-33,36H,5,7H2,1-4H3,(H2,27,35)/t10-,14+,18-,19+,22-,26-/m0/s1. The molecule has 0 aromatic heterocycles. The van der Waals surface area contributed by atoms with Gasteiger partial charge in [0.2, 0.25) is 5.78 Å². The van der Waals surface area contributed by atoms with Crippen molar-refractivity contribution in [1.29, 1.82) is 0 Å². The Labute approximate surface area is 212 Å². The van der Waals surface area contributed by atoms with E-state index < -0.39 is 81.6 Å². The number of carbonyl (C=O) groups is 4. The Morgan fingerprint density at radius 3 is 2.38 bits per heavy atom. The Balaban J connectivity index is 2.09. The van der Waals surface area contributed by atoms with Gasteiger partial charge in [-0.15, -0.1) is 0 Å². The van der Waals surface area contributed by atoms with Crippen molar-refractivity contribution in [2.45, 2.75) is 50.4 Å². The van der Waals surface area contributed by atoms with Gasteiger partial charge in [0.05, 0.1) is 17.5 Å². The second-order valence-corrected chi connectivity index (χ2v) is 10.0. The second-order valence-electron chi connectivity index (χ2n) is 10.0. The number of amides is 1. The summed E-state index contributed by atoms with van der Waals surface area (Å²) in [5, 5.41) is 44.9. The number of phenolic OH excluding ortho intramolecular Hbond substituents is 1. The fourth-order valence-corrected chi connectivity index (χ4v) is 6.11. The number of hydrogen-bond donors (Lipinski definition) is 5. The average molecular weight is 515 g/mol. The van der Waals surface area contributed by atoms with Crippen LogP contribution in [0.2, 0.25) is 0 Å². The molecule has 11 nitrogen and oxygen atoms in total. The number of aliphatic hydroxyl groups excluding tert-OH is 2. The van der Waals surface area contributed by atoms with E-state index in [0.29, 0.717) is 12.0 Å². The molecule has 37 heavy (non-hydrogen) atoms. The van der Waals surface area contributed by atoms with Crippen LogP contribution >= 0.6 is 0 Å². The van der Waals surface area contributed by atoms with Gasteiger partial charge in [0.15, 0.2) is 11.4 Å². The summed E-state index contributed by atoms with van der Waals surface area (Å²) >= 11 is 0. The molecule has 0 unspecified atom stereocenters. The molecular weight excluding hydrogens is 484 g/mol. The molecule has 0 aliphatic heterocycles. The van der Waals surface area contributed by atoms with Crippen LogP contribution in [0.3, 0.4) is 0 Å². The van der Waals surface area contributed by atoms with Crippen LogP contribution in [-0.2, 0) is 19.1 Å². The van der Waals surface area contributed by atoms with E-state index in [4.69, 9.17) is 10.5 Å². The number of ketones is 2. The number of nitrogens with zero attached hydrogens (tertiary/aromatic N) is 1. The number of rotatable bonds is 5. The monoisotopic (exact) mass is 514 g/mol. The lowest BCUT2D eigenvalue weighted by Crippen LogP contribution is -2.69. The molecule has 1 aromatic rings. The van der Waals surface area contributed by atoms with Crippen molar-refractivity contribution in [3.05, 3.63) is 52.0 Å². The largest absolute Gasteiger partial charge is 0.510 e. The lowest BCUT2D eigenvalue weighted by Gasteiger charge is -2.54. The molecule has 11 heteroatoms. The Bertz CT molecular complexity index is 1280. The van der Waals surface area contributed by atoms with Gasteiger partial charge < -0.3 is 30.9 Å². The minimum absolute atomic E-state index is 0.00592. The second kappa shape index (κ2) is 9.00. The van der Waals surface area contributed by atoms with Crippen LogP contribution < -0.4 is 5.73 Å². The van der Waals surface area contributed by atoms with Gasteiger partial charge in [-0.3, -0.25) is 24.1 Å². The number of likely N-dealkylation sites (N-methyl/N-ethyl adjacent to an activating group) is 1. The zero-order valence-electron chi connectivity index (χ0n) is 20.9. The van der Waals surface area contributed by atoms with Crippen molar-refractivity contribution in [2.75, 3.05) is 14.1 Å². The van der Waals surface area contributed by atoms with E-state index in [-0.39, 0.29) is 17.7 Å². The van der Waals surface area contributed by atoms with Crippen LogP contribution in [0, 0.1) is 11.8 Å². The van der Waals surface area contributed by atoms with Crippen LogP contribution in [0.25, 0.3) is 0 Å². The molecule has 1 aromatic carbocycles. The van der Waals surface area contributed by atoms with Crippen LogP contribution in [0.5, 0.6) is 5.75 Å². The third-order valence-electron chi connectivity index (χ3n) is 7.69. The maximum absolute atomic E-state index is 13.7. The van der Waals surface area contributed by atoms with Crippen molar-refractivity contribution < 1.29 is 44.3 Å². The summed E-state index contributed by atoms with van der Waals surface area (Å²) in [7, 11) is 3.00. The first-order chi connectivity index (χ1) is 17.3. The van der Waals surface area contributed by atoms with Crippen molar-refractivity contribution in [3.8, 4) is 5.75 Å². The summed E-state index contributed by atoms with van der Waals surface area (Å²) < 4.78 is 5.83. The summed E-state index contributed by atoms with van der Waals surface area (Å²) in [5.74, 6) is -9.61. The Kier molecular flexibility index (Phi) is 6.41. The highest BCUT2D eigenvalue weighted by molar-refractivity contribution is 6.25. The maximum atomic E-state index is 13.7. The third-order valence-corrected chi connectivity index (χ3v) is 7.69. The minimum Gasteiger partial charge on any atom is -0.510 e. The Hall–Kier alpha value is -3.70. The number of primary amides is 1. The van der Waals surface area contributed by atoms with E-state index in [0.717, 1.165) is 0 Å². The summed E-state index contributed by atoms with van der Waals surface area (Å²) in [4.78, 5) is 53.6. The van der Waals surface area contributed by atoms with E-state index >= 15 is 0 Å². The predicted molar refractivity (Wildman–Crippen MR) is 129 cm³/mol. The number of aliphatic hydroxyl groups is 3. The van der Waals surface area contributed by atoms with Crippen LogP contribution in [-0.4, -0.2) is 80.6 Å². The zero-order valence-corrected chi connectivity index (χ0v) is 20.9. The molecule has 0 saturated carbocycles. The number of aromatic hydroxyl groups is 1. The highest BCUT2D eigenvalue weighted by Crippen LogP contribution is 2.56. The number of fused-ring (bicyclic) bond motifs is 3. The quantitative estimate of drug-likeness (QED) is 0.280. The summed E-state index contributed by atoms with van der Waals surface area (Å²) in [6.45, 7) is 3.45. The van der Waals surface area contributed by atoms with Crippen molar-refractivity contribution in [1.82, 2.24) is 4.90 Å². The Morgan fingerprint density at radius 2 is 1.81 bits per heavy atom. The summed E-state index contributed by atoms with van der Waals surface area (Å²) in [5.41, 5.74) is 1.40. The molecular formula is C26H30N2O9. The van der Waals surface area contributed by atoms with E-state index in [1.54, 1.807) is 26.0 Å². The number of nitrogens with two attached hydrogens (primary N) is 1. The van der Waals surface area contributed by atoms with Gasteiger partial charge in [-0.1, -0.05) is 26.0 Å². The molecule has 198 valence electrons. The van der Waals surface area contributed by atoms with E-state index in [1.165, 1.54) is 25.1 Å². The number of esters is 1. The van der Waals surface area contributed by atoms with Gasteiger partial charge in [-0.2, -0.15) is 0 Å². The molecule has 4 rings (SSSR count). The number of benzene rings is 1. The highest BCUT2D eigenvalue weighted by Gasteiger charge is 2.68. The third kappa shape index (κ3) is 3.56. The molecule has 1 amide bonds. The average Bonchev–Trinajstić information content (AvgIpc) is 2.80. The number of ether oxygens (including phenoxy) is 1. The first kappa shape index (κ1) is 26.4. The molecule has 0 bridgehead atoms. The smallest absolute Gasteiger partial charge is 0.306 e. The van der Waals surface area contributed by atoms with Gasteiger partial charge in [0.25, 0.3) is 5.91 Å². The molecule has 0 radical (unpaired) electrons. The molecule has 0 fully saturated rings. The molecule has 6 N–H and O–H groups in total. The van der Waals surface area contributed by atoms with Crippen LogP contribution in [0.4, 0.5) is 0 Å². The molecule has 0 spiro atoms. The van der Waals surface area contributed by atoms with Crippen LogP contribution in [0.1, 0.15) is 48.5 Å². The summed E-state index contributed by atoms with van der Waals surface area (Å²) in [6.07, 6.45) is -0.969. The van der Waals surface area contributed by atoms with Crippen molar-refractivity contribution in [3.63, 3.8) is 0 Å². The number of phenols is 1. The van der Waals surface area contributed by atoms with Gasteiger partial charge in [-0.25, -0.2) is 0 Å². The van der Waals surface area contributed by atoms with Gasteiger partial charge in [0, 0.05) is 17.9 Å². The number of carbonyl (C=O) groups excluding carboxylic acids is 4. The summed E-state index contributed by atoms with van der Waals surface area (Å²) in [6, 6.07) is 3.15. The first-order valence-electron chi connectivity index (χ1n) is 12.0. The van der Waals surface area contributed by atoms with Crippen molar-refractivity contribution >= 4 is 23.4 Å². The van der Waals surface area contributed by atoms with Gasteiger partial charge in [-0.05, 0) is 38.1 Å². The maximum Gasteiger partial charge on any atom is 0.306 e. The number of Topliss-reactive ketones (excluding diaryl/α,β-unsaturated/α-hetero) is 2. The van der Waals surface area contributed by atoms with Gasteiger partial charge in [0.1, 0.15) is 28.9 Å². The van der Waals surface area contributed by atoms with E-state index in [1.807, 2.05) is 0 Å². The lowest BCUT2D eigenvalue weighted by molar-refractivity contribution is -0.181. The van der Waals surface area contributed by atoms with Gasteiger partial charge >= 0.3 is 5.97 Å². The normalized spacial score (nSPS) is 31.1. The minimum atomic E-state index is -2.94. The SMILES string of the molecule is CCCC(=O)O[C@H]1[C@H]2C(=C(O)[C@]3(O)C(=O)C(C(N)=O)=C(O)[C@H](N(C)C)[C@@H]13)C(=O)c1c(O)cccc1[C@@H]2C. The molecule has 3 aliphatic carbocycles. The predicted octanol–water partition coefficient (Wildman–Crippen LogP) is 1.00. The zero-order chi connectivity index (χ0) is 27.6. The lowest BCUT2D eigenvalue weighted by atomic mass is 9.55. The molecule has 0 saturated heterocycles. The Morgan fingerprint density at radius 1 is 1.16 bits per heavy atom. The topological polar surface area (TPSA) is 188 Å². The first-order valence-corrected chi connectivity index (χ1v) is 12.0. The molecule has 3 aliphatic rings.